The average Bonchev–Trinajstić information content (AvgIpc) is 2.82. The zero-order valence-corrected chi connectivity index (χ0v) is 18.8. The first-order valence-corrected chi connectivity index (χ1v) is 10.6. The number of nitrogens with one attached hydrogen (secondary N) is 1. The van der Waals surface area contributed by atoms with Crippen molar-refractivity contribution in [3.8, 4) is 5.69 Å². The average molecular weight is 473 g/mol. The van der Waals surface area contributed by atoms with Crippen molar-refractivity contribution in [3.05, 3.63) is 91.8 Å². The number of halogens is 2. The highest BCUT2D eigenvalue weighted by Gasteiger charge is 2.21. The van der Waals surface area contributed by atoms with E-state index in [1.165, 1.54) is 19.1 Å². The second kappa shape index (κ2) is 10.9. The number of nitrogens with zero attached hydrogens (tertiary/aromatic N) is 2. The fourth-order valence-electron chi connectivity index (χ4n) is 3.50. The molecule has 0 saturated carbocycles. The Balaban J connectivity index is 2.15. The predicted molar refractivity (Wildman–Crippen MR) is 123 cm³/mol. The van der Waals surface area contributed by atoms with Gasteiger partial charge in [0.05, 0.1) is 25.4 Å². The molecular weight excluding hydrogens is 448 g/mol. The Labute approximate surface area is 194 Å². The summed E-state index contributed by atoms with van der Waals surface area (Å²) >= 11 is 0. The van der Waals surface area contributed by atoms with Crippen LogP contribution in [0.15, 0.2) is 58.3 Å². The maximum atomic E-state index is 13.3. The summed E-state index contributed by atoms with van der Waals surface area (Å²) in [7, 11) is 0. The van der Waals surface area contributed by atoms with Crippen LogP contribution in [-0.2, 0) is 11.3 Å². The standard InChI is InChI=1S/C24H25F2N3O5/c1-3-34-23(32)20-14-28(18-9-7-17(8-10-18)27-11-12-30)24(33)29(22(20)31)13-16-5-4-6-19(15(16)2)21(25)26/h4-10,14,21,27,30H,3,11-13H2,1-2H3. The zero-order chi connectivity index (χ0) is 24.8. The molecule has 1 aromatic heterocycles. The second-order valence-corrected chi connectivity index (χ2v) is 7.44. The summed E-state index contributed by atoms with van der Waals surface area (Å²) in [6.45, 7) is 3.10. The summed E-state index contributed by atoms with van der Waals surface area (Å²) in [6, 6.07) is 10.8. The van der Waals surface area contributed by atoms with Gasteiger partial charge in [0.15, 0.2) is 0 Å². The number of alkyl halides is 2. The molecule has 2 N–H and O–H groups in total. The third kappa shape index (κ3) is 5.23. The van der Waals surface area contributed by atoms with Gasteiger partial charge in [0.25, 0.3) is 12.0 Å². The minimum absolute atomic E-state index is 0.0260. The molecule has 0 spiro atoms. The number of aliphatic hydroxyl groups is 1. The molecule has 0 fully saturated rings. The number of benzene rings is 2. The van der Waals surface area contributed by atoms with E-state index in [-0.39, 0.29) is 36.4 Å². The highest BCUT2D eigenvalue weighted by Crippen LogP contribution is 2.25. The van der Waals surface area contributed by atoms with Crippen LogP contribution in [0.2, 0.25) is 0 Å². The molecule has 0 aliphatic carbocycles. The SMILES string of the molecule is CCOC(=O)c1cn(-c2ccc(NCCO)cc2)c(=O)n(Cc2cccc(C(F)F)c2C)c1=O. The molecule has 8 nitrogen and oxygen atoms in total. The number of hydrogen-bond donors (Lipinski definition) is 2. The van der Waals surface area contributed by atoms with Crippen LogP contribution < -0.4 is 16.6 Å². The molecule has 0 amide bonds. The Morgan fingerprint density at radius 2 is 1.85 bits per heavy atom. The fourth-order valence-corrected chi connectivity index (χ4v) is 3.50. The van der Waals surface area contributed by atoms with E-state index in [2.05, 4.69) is 5.32 Å². The van der Waals surface area contributed by atoms with Gasteiger partial charge in [-0.3, -0.25) is 13.9 Å². The van der Waals surface area contributed by atoms with Gasteiger partial charge in [0.2, 0.25) is 0 Å². The van der Waals surface area contributed by atoms with Crippen molar-refractivity contribution >= 4 is 11.7 Å². The van der Waals surface area contributed by atoms with E-state index in [9.17, 15) is 23.2 Å². The Bertz CT molecular complexity index is 1280. The smallest absolute Gasteiger partial charge is 0.345 e. The molecule has 0 unspecified atom stereocenters. The van der Waals surface area contributed by atoms with Gasteiger partial charge < -0.3 is 15.2 Å². The van der Waals surface area contributed by atoms with Crippen LogP contribution in [0, 0.1) is 6.92 Å². The monoisotopic (exact) mass is 473 g/mol. The van der Waals surface area contributed by atoms with Gasteiger partial charge in [0, 0.05) is 24.0 Å². The van der Waals surface area contributed by atoms with Crippen LogP contribution in [0.5, 0.6) is 0 Å². The van der Waals surface area contributed by atoms with E-state index in [0.29, 0.717) is 23.5 Å². The third-order valence-corrected chi connectivity index (χ3v) is 5.30. The molecule has 10 heteroatoms. The second-order valence-electron chi connectivity index (χ2n) is 7.44. The van der Waals surface area contributed by atoms with Crippen molar-refractivity contribution in [1.29, 1.82) is 0 Å². The van der Waals surface area contributed by atoms with Crippen LogP contribution in [0.4, 0.5) is 14.5 Å². The third-order valence-electron chi connectivity index (χ3n) is 5.30. The number of carbonyl (C=O) groups excluding carboxylic acids is 1. The summed E-state index contributed by atoms with van der Waals surface area (Å²) in [5, 5.41) is 11.9. The molecule has 1 heterocycles. The molecule has 0 saturated heterocycles. The number of carbonyl (C=O) groups is 1. The zero-order valence-electron chi connectivity index (χ0n) is 18.8. The summed E-state index contributed by atoms with van der Waals surface area (Å²) in [5.41, 5.74) is -0.478. The molecule has 34 heavy (non-hydrogen) atoms. The number of hydrogen-bond acceptors (Lipinski definition) is 6. The van der Waals surface area contributed by atoms with Crippen molar-refractivity contribution in [2.75, 3.05) is 25.1 Å². The first kappa shape index (κ1) is 24.8. The number of ether oxygens (including phenoxy) is 1. The van der Waals surface area contributed by atoms with E-state index >= 15 is 0 Å². The Hall–Kier alpha value is -3.79. The minimum atomic E-state index is -2.71. The maximum Gasteiger partial charge on any atom is 0.345 e. The van der Waals surface area contributed by atoms with Gasteiger partial charge in [-0.15, -0.1) is 0 Å². The summed E-state index contributed by atoms with van der Waals surface area (Å²) in [5.74, 6) is -0.894. The number of aromatic nitrogens is 2. The first-order chi connectivity index (χ1) is 16.3. The van der Waals surface area contributed by atoms with Crippen LogP contribution >= 0.6 is 0 Å². The van der Waals surface area contributed by atoms with E-state index in [4.69, 9.17) is 9.84 Å². The van der Waals surface area contributed by atoms with Gasteiger partial charge in [0.1, 0.15) is 5.56 Å². The summed E-state index contributed by atoms with van der Waals surface area (Å²) < 4.78 is 33.6. The molecule has 3 rings (SSSR count). The van der Waals surface area contributed by atoms with Gasteiger partial charge in [-0.1, -0.05) is 18.2 Å². The number of anilines is 1. The van der Waals surface area contributed by atoms with Crippen molar-refractivity contribution in [2.24, 2.45) is 0 Å². The number of aliphatic hydroxyl groups excluding tert-OH is 1. The highest BCUT2D eigenvalue weighted by molar-refractivity contribution is 5.88. The lowest BCUT2D eigenvalue weighted by molar-refractivity contribution is 0.0522. The number of rotatable bonds is 9. The highest BCUT2D eigenvalue weighted by atomic mass is 19.3. The lowest BCUT2D eigenvalue weighted by atomic mass is 10.0. The molecular formula is C24H25F2N3O5. The topological polar surface area (TPSA) is 103 Å². The molecule has 0 aliphatic heterocycles. The normalized spacial score (nSPS) is 11.0. The molecule has 180 valence electrons. The Morgan fingerprint density at radius 1 is 1.15 bits per heavy atom. The van der Waals surface area contributed by atoms with Gasteiger partial charge in [-0.2, -0.15) is 0 Å². The van der Waals surface area contributed by atoms with Crippen LogP contribution in [0.25, 0.3) is 5.69 Å². The van der Waals surface area contributed by atoms with Gasteiger partial charge >= 0.3 is 11.7 Å². The molecule has 0 atom stereocenters. The molecule has 2 aromatic carbocycles. The maximum absolute atomic E-state index is 13.3. The Kier molecular flexibility index (Phi) is 7.95. The van der Waals surface area contributed by atoms with Crippen molar-refractivity contribution in [3.63, 3.8) is 0 Å². The lowest BCUT2D eigenvalue weighted by Crippen LogP contribution is -2.42. The van der Waals surface area contributed by atoms with E-state index in [1.807, 2.05) is 0 Å². The fraction of sp³-hybridized carbons (Fsp3) is 0.292. The quantitative estimate of drug-likeness (QED) is 0.464. The van der Waals surface area contributed by atoms with Crippen LogP contribution in [0.1, 0.15) is 40.4 Å². The van der Waals surface area contributed by atoms with E-state index < -0.39 is 23.6 Å². The van der Waals surface area contributed by atoms with Gasteiger partial charge in [-0.25, -0.2) is 18.4 Å². The summed E-state index contributed by atoms with van der Waals surface area (Å²) in [4.78, 5) is 38.8. The van der Waals surface area contributed by atoms with Crippen molar-refractivity contribution in [1.82, 2.24) is 9.13 Å². The molecule has 0 bridgehead atoms. The first-order valence-electron chi connectivity index (χ1n) is 10.6. The Morgan fingerprint density at radius 3 is 2.47 bits per heavy atom. The molecule has 0 aliphatic rings. The largest absolute Gasteiger partial charge is 0.462 e. The van der Waals surface area contributed by atoms with E-state index in [0.717, 1.165) is 15.3 Å². The van der Waals surface area contributed by atoms with Crippen LogP contribution in [-0.4, -0.2) is 40.0 Å². The number of esters is 1. The molecule has 0 radical (unpaired) electrons. The van der Waals surface area contributed by atoms with E-state index in [1.54, 1.807) is 37.3 Å². The van der Waals surface area contributed by atoms with Crippen molar-refractivity contribution < 1.29 is 23.4 Å². The van der Waals surface area contributed by atoms with Crippen molar-refractivity contribution in [2.45, 2.75) is 26.8 Å². The predicted octanol–water partition coefficient (Wildman–Crippen LogP) is 2.87. The van der Waals surface area contributed by atoms with Crippen LogP contribution in [0.3, 0.4) is 0 Å². The summed E-state index contributed by atoms with van der Waals surface area (Å²) in [6.07, 6.45) is -1.59. The molecule has 3 aromatic rings. The van der Waals surface area contributed by atoms with Gasteiger partial charge in [-0.05, 0) is 49.2 Å². The lowest BCUT2D eigenvalue weighted by Gasteiger charge is -2.15. The minimum Gasteiger partial charge on any atom is -0.462 e.